The number of rotatable bonds is 4. The minimum atomic E-state index is -0.612. The molecule has 1 fully saturated rings. The minimum absolute atomic E-state index is 0.612. The van der Waals surface area contributed by atoms with Crippen molar-refractivity contribution in [1.82, 2.24) is 25.1 Å². The number of nitrogens with zero attached hydrogens (tertiary/aromatic N) is 5. The van der Waals surface area contributed by atoms with Crippen molar-refractivity contribution in [3.05, 3.63) is 60.5 Å². The first kappa shape index (κ1) is 19.0. The van der Waals surface area contributed by atoms with E-state index in [0.29, 0.717) is 5.02 Å². The van der Waals surface area contributed by atoms with Crippen molar-refractivity contribution in [2.24, 2.45) is 0 Å². The molecule has 3 heterocycles. The summed E-state index contributed by atoms with van der Waals surface area (Å²) in [6.07, 6.45) is 4.34. The Balaban J connectivity index is 1.50. The number of aromatic nitrogens is 4. The average Bonchev–Trinajstić information content (AvgIpc) is 3.26. The number of nitrogens with one attached hydrogen (secondary N) is 1. The first-order chi connectivity index (χ1) is 14.6. The lowest BCUT2D eigenvalue weighted by Crippen LogP contribution is -2.50. The van der Waals surface area contributed by atoms with Crippen molar-refractivity contribution in [3.8, 4) is 11.1 Å². The molecule has 1 unspecified atom stereocenters. The maximum atomic E-state index is 9.98. The second-order valence-corrected chi connectivity index (χ2v) is 7.80. The van der Waals surface area contributed by atoms with Crippen molar-refractivity contribution in [1.29, 1.82) is 0 Å². The monoisotopic (exact) mass is 420 g/mol. The molecule has 0 bridgehead atoms. The van der Waals surface area contributed by atoms with Crippen LogP contribution in [0.5, 0.6) is 0 Å². The van der Waals surface area contributed by atoms with Gasteiger partial charge < -0.3 is 10.0 Å². The summed E-state index contributed by atoms with van der Waals surface area (Å²) in [5.74, 6) is 0.867. The van der Waals surface area contributed by atoms with Crippen LogP contribution in [0.2, 0.25) is 5.02 Å². The predicted octanol–water partition coefficient (Wildman–Crippen LogP) is 3.45. The molecule has 0 spiro atoms. The summed E-state index contributed by atoms with van der Waals surface area (Å²) in [7, 11) is 0. The van der Waals surface area contributed by atoms with E-state index in [-0.39, 0.29) is 0 Å². The molecule has 152 valence electrons. The van der Waals surface area contributed by atoms with Gasteiger partial charge in [-0.1, -0.05) is 24.2 Å². The van der Waals surface area contributed by atoms with E-state index >= 15 is 0 Å². The number of H-pyrrole nitrogens is 1. The smallest absolute Gasteiger partial charge is 0.140 e. The number of benzene rings is 2. The molecule has 1 saturated heterocycles. The molecule has 8 heteroatoms. The van der Waals surface area contributed by atoms with Gasteiger partial charge in [0.2, 0.25) is 0 Å². The maximum absolute atomic E-state index is 9.98. The van der Waals surface area contributed by atoms with Crippen LogP contribution in [-0.2, 0) is 0 Å². The number of aromatic amines is 1. The molecule has 2 aromatic carbocycles. The van der Waals surface area contributed by atoms with Gasteiger partial charge in [0.1, 0.15) is 18.4 Å². The molecule has 0 aliphatic carbocycles. The summed E-state index contributed by atoms with van der Waals surface area (Å²) in [5, 5.41) is 19.6. The van der Waals surface area contributed by atoms with E-state index in [1.54, 1.807) is 18.6 Å². The molecule has 1 aliphatic rings. The van der Waals surface area contributed by atoms with Crippen LogP contribution in [0, 0.1) is 0 Å². The van der Waals surface area contributed by atoms with E-state index in [9.17, 15) is 5.11 Å². The summed E-state index contributed by atoms with van der Waals surface area (Å²) in [6.45, 7) is 6.64. The van der Waals surface area contributed by atoms with Crippen LogP contribution in [-0.4, -0.2) is 62.6 Å². The lowest BCUT2D eigenvalue weighted by molar-refractivity contribution is 0.0380. The SMILES string of the molecule is C=CC(O)N1CCN(c2ncnc3cc(-c4ccc5[nH]ncc5c4)c(Cl)cc23)CC1. The Morgan fingerprint density at radius 1 is 1.13 bits per heavy atom. The number of aliphatic hydroxyl groups is 1. The first-order valence-electron chi connectivity index (χ1n) is 9.81. The van der Waals surface area contributed by atoms with Crippen LogP contribution >= 0.6 is 11.6 Å². The van der Waals surface area contributed by atoms with Crippen LogP contribution in [0.4, 0.5) is 5.82 Å². The van der Waals surface area contributed by atoms with Gasteiger partial charge in [-0.2, -0.15) is 5.10 Å². The summed E-state index contributed by atoms with van der Waals surface area (Å²) < 4.78 is 0. The highest BCUT2D eigenvalue weighted by atomic mass is 35.5. The number of piperazine rings is 1. The van der Waals surface area contributed by atoms with Gasteiger partial charge in [-0.15, -0.1) is 0 Å². The van der Waals surface area contributed by atoms with E-state index in [4.69, 9.17) is 11.6 Å². The van der Waals surface area contributed by atoms with Crippen molar-refractivity contribution in [3.63, 3.8) is 0 Å². The van der Waals surface area contributed by atoms with Gasteiger partial charge >= 0.3 is 0 Å². The molecular weight excluding hydrogens is 400 g/mol. The molecule has 30 heavy (non-hydrogen) atoms. The first-order valence-corrected chi connectivity index (χ1v) is 10.2. The molecule has 0 radical (unpaired) electrons. The van der Waals surface area contributed by atoms with Gasteiger partial charge in [0.25, 0.3) is 0 Å². The number of anilines is 1. The zero-order valence-corrected chi connectivity index (χ0v) is 17.0. The third kappa shape index (κ3) is 3.31. The van der Waals surface area contributed by atoms with Crippen LogP contribution in [0.25, 0.3) is 32.9 Å². The molecule has 4 aromatic rings. The second-order valence-electron chi connectivity index (χ2n) is 7.39. The molecule has 2 aromatic heterocycles. The van der Waals surface area contributed by atoms with E-state index in [2.05, 4.69) is 37.7 Å². The fourth-order valence-corrected chi connectivity index (χ4v) is 4.27. The van der Waals surface area contributed by atoms with Crippen molar-refractivity contribution in [2.75, 3.05) is 31.1 Å². The molecule has 0 saturated carbocycles. The highest BCUT2D eigenvalue weighted by Gasteiger charge is 2.23. The van der Waals surface area contributed by atoms with Crippen molar-refractivity contribution in [2.45, 2.75) is 6.23 Å². The van der Waals surface area contributed by atoms with E-state index in [1.807, 2.05) is 29.2 Å². The Morgan fingerprint density at radius 2 is 1.97 bits per heavy atom. The Kier molecular flexibility index (Phi) is 4.86. The topological polar surface area (TPSA) is 81.2 Å². The minimum Gasteiger partial charge on any atom is -0.375 e. The predicted molar refractivity (Wildman–Crippen MR) is 120 cm³/mol. The summed E-state index contributed by atoms with van der Waals surface area (Å²) in [4.78, 5) is 13.2. The van der Waals surface area contributed by atoms with Crippen molar-refractivity contribution < 1.29 is 5.11 Å². The zero-order chi connectivity index (χ0) is 20.7. The lowest BCUT2D eigenvalue weighted by Gasteiger charge is -2.37. The van der Waals surface area contributed by atoms with E-state index in [1.165, 1.54) is 0 Å². The highest BCUT2D eigenvalue weighted by molar-refractivity contribution is 6.34. The summed E-state index contributed by atoms with van der Waals surface area (Å²) >= 11 is 6.71. The largest absolute Gasteiger partial charge is 0.375 e. The Bertz CT molecular complexity index is 1230. The quantitative estimate of drug-likeness (QED) is 0.492. The normalized spacial score (nSPS) is 16.3. The lowest BCUT2D eigenvalue weighted by atomic mass is 10.0. The van der Waals surface area contributed by atoms with Gasteiger partial charge in [-0.05, 0) is 35.9 Å². The van der Waals surface area contributed by atoms with Gasteiger partial charge in [0.05, 0.1) is 17.2 Å². The molecular formula is C22H21ClN6O. The highest BCUT2D eigenvalue weighted by Crippen LogP contribution is 2.35. The molecule has 2 N–H and O–H groups in total. The third-order valence-electron chi connectivity index (χ3n) is 5.65. The van der Waals surface area contributed by atoms with E-state index in [0.717, 1.165) is 64.9 Å². The van der Waals surface area contributed by atoms with Crippen LogP contribution in [0.1, 0.15) is 0 Å². The molecule has 1 aliphatic heterocycles. The number of halogens is 1. The molecule has 5 rings (SSSR count). The maximum Gasteiger partial charge on any atom is 0.140 e. The number of hydrogen-bond acceptors (Lipinski definition) is 6. The number of aliphatic hydroxyl groups excluding tert-OH is 1. The summed E-state index contributed by atoms with van der Waals surface area (Å²) in [5.41, 5.74) is 3.78. The fraction of sp³-hybridized carbons (Fsp3) is 0.227. The number of fused-ring (bicyclic) bond motifs is 2. The second kappa shape index (κ2) is 7.68. The van der Waals surface area contributed by atoms with E-state index < -0.39 is 6.23 Å². The zero-order valence-electron chi connectivity index (χ0n) is 16.3. The molecule has 7 nitrogen and oxygen atoms in total. The Hall–Kier alpha value is -3.00. The number of hydrogen-bond donors (Lipinski definition) is 2. The Morgan fingerprint density at radius 3 is 2.77 bits per heavy atom. The Labute approximate surface area is 178 Å². The molecule has 1 atom stereocenters. The molecule has 0 amide bonds. The van der Waals surface area contributed by atoms with Crippen LogP contribution in [0.3, 0.4) is 0 Å². The summed E-state index contributed by atoms with van der Waals surface area (Å²) in [6, 6.07) is 10.1. The van der Waals surface area contributed by atoms with Gasteiger partial charge in [0, 0.05) is 47.5 Å². The van der Waals surface area contributed by atoms with Crippen molar-refractivity contribution >= 4 is 39.2 Å². The van der Waals surface area contributed by atoms with Crippen LogP contribution < -0.4 is 4.90 Å². The third-order valence-corrected chi connectivity index (χ3v) is 5.97. The standard InChI is InChI=1S/C22H21ClN6O/c1-2-21(30)28-5-7-29(8-6-28)22-17-10-18(23)16(11-20(17)24-13-25-22)14-3-4-19-15(9-14)12-26-27-19/h2-4,9-13,21,30H,1,5-8H2,(H,26,27). The fourth-order valence-electron chi connectivity index (χ4n) is 3.99. The van der Waals surface area contributed by atoms with Gasteiger partial charge in [-0.3, -0.25) is 10.00 Å². The average molecular weight is 421 g/mol. The van der Waals surface area contributed by atoms with Gasteiger partial charge in [-0.25, -0.2) is 9.97 Å². The van der Waals surface area contributed by atoms with Crippen LogP contribution in [0.15, 0.2) is 55.5 Å². The van der Waals surface area contributed by atoms with Gasteiger partial charge in [0.15, 0.2) is 0 Å².